The van der Waals surface area contributed by atoms with Gasteiger partial charge in [0, 0.05) is 37.8 Å². The first-order valence-electron chi connectivity index (χ1n) is 11.9. The molecule has 168 valence electrons. The van der Waals surface area contributed by atoms with Crippen molar-refractivity contribution in [1.82, 2.24) is 9.80 Å². The Balaban J connectivity index is 1.13. The van der Waals surface area contributed by atoms with Crippen LogP contribution in [-0.2, 0) is 4.79 Å². The Bertz CT molecular complexity index is 1010. The van der Waals surface area contributed by atoms with Gasteiger partial charge in [-0.3, -0.25) is 4.79 Å². The van der Waals surface area contributed by atoms with Crippen molar-refractivity contribution in [2.45, 2.75) is 45.4 Å². The Labute approximate surface area is 190 Å². The van der Waals surface area contributed by atoms with E-state index in [9.17, 15) is 9.59 Å². The number of anilines is 1. The summed E-state index contributed by atoms with van der Waals surface area (Å²) in [6.45, 7) is 7.33. The highest BCUT2D eigenvalue weighted by atomic mass is 16.2. The molecular formula is C27H33N3O2. The molecule has 3 amide bonds. The van der Waals surface area contributed by atoms with E-state index < -0.39 is 0 Å². The summed E-state index contributed by atoms with van der Waals surface area (Å²) in [6, 6.07) is 16.5. The van der Waals surface area contributed by atoms with Crippen LogP contribution < -0.4 is 5.32 Å². The van der Waals surface area contributed by atoms with Gasteiger partial charge in [0.2, 0.25) is 5.91 Å². The van der Waals surface area contributed by atoms with Crippen LogP contribution >= 0.6 is 0 Å². The predicted octanol–water partition coefficient (Wildman–Crippen LogP) is 4.95. The van der Waals surface area contributed by atoms with Crippen molar-refractivity contribution in [3.63, 3.8) is 0 Å². The van der Waals surface area contributed by atoms with E-state index in [0.29, 0.717) is 11.8 Å². The van der Waals surface area contributed by atoms with Crippen LogP contribution in [0.4, 0.5) is 10.5 Å². The molecule has 0 radical (unpaired) electrons. The third-order valence-electron chi connectivity index (χ3n) is 7.82. The zero-order chi connectivity index (χ0) is 22.3. The van der Waals surface area contributed by atoms with Crippen LogP contribution in [0.1, 0.15) is 48.3 Å². The number of aryl methyl sites for hydroxylation is 2. The molecule has 0 aromatic heterocycles. The number of amides is 3. The molecular weight excluding hydrogens is 398 g/mol. The number of hydrogen-bond donors (Lipinski definition) is 1. The molecule has 32 heavy (non-hydrogen) atoms. The molecule has 2 saturated heterocycles. The highest BCUT2D eigenvalue weighted by molar-refractivity contribution is 5.90. The zero-order valence-corrected chi connectivity index (χ0v) is 19.1. The van der Waals surface area contributed by atoms with Crippen LogP contribution in [0.25, 0.3) is 0 Å². The fourth-order valence-electron chi connectivity index (χ4n) is 5.63. The van der Waals surface area contributed by atoms with Crippen LogP contribution in [0.5, 0.6) is 0 Å². The van der Waals surface area contributed by atoms with E-state index in [1.54, 1.807) is 0 Å². The van der Waals surface area contributed by atoms with Crippen molar-refractivity contribution < 1.29 is 9.59 Å². The van der Waals surface area contributed by atoms with Crippen molar-refractivity contribution in [1.29, 1.82) is 0 Å². The maximum Gasteiger partial charge on any atom is 0.321 e. The summed E-state index contributed by atoms with van der Waals surface area (Å²) >= 11 is 0. The molecule has 1 N–H and O–H groups in total. The lowest BCUT2D eigenvalue weighted by Crippen LogP contribution is -2.46. The van der Waals surface area contributed by atoms with E-state index in [0.717, 1.165) is 63.1 Å². The normalized spacial score (nSPS) is 23.9. The third-order valence-corrected chi connectivity index (χ3v) is 7.82. The Hall–Kier alpha value is -2.82. The van der Waals surface area contributed by atoms with Gasteiger partial charge >= 0.3 is 6.03 Å². The summed E-state index contributed by atoms with van der Waals surface area (Å²) in [5.41, 5.74) is 4.65. The Morgan fingerprint density at radius 2 is 1.62 bits per heavy atom. The van der Waals surface area contributed by atoms with E-state index >= 15 is 0 Å². The highest BCUT2D eigenvalue weighted by Gasteiger charge is 2.49. The number of carbonyl (C=O) groups is 2. The Kier molecular flexibility index (Phi) is 5.44. The van der Waals surface area contributed by atoms with Crippen molar-refractivity contribution >= 4 is 17.6 Å². The first kappa shape index (κ1) is 21.0. The fourth-order valence-corrected chi connectivity index (χ4v) is 5.63. The molecule has 3 fully saturated rings. The number of piperidine rings is 1. The Morgan fingerprint density at radius 3 is 2.31 bits per heavy atom. The van der Waals surface area contributed by atoms with Crippen LogP contribution in [0.2, 0.25) is 0 Å². The first-order chi connectivity index (χ1) is 15.4. The molecule has 5 nitrogen and oxygen atoms in total. The van der Waals surface area contributed by atoms with Gasteiger partial charge < -0.3 is 15.1 Å². The summed E-state index contributed by atoms with van der Waals surface area (Å²) in [4.78, 5) is 29.9. The van der Waals surface area contributed by atoms with Gasteiger partial charge in [-0.05, 0) is 68.1 Å². The largest absolute Gasteiger partial charge is 0.342 e. The van der Waals surface area contributed by atoms with E-state index in [4.69, 9.17) is 0 Å². The standard InChI is InChI=1S/C27H33N3O2/c1-19-8-9-24(20(2)16-19)28-26(32)29-13-10-27(11-14-29)12-15-30(18-27)25(31)23-17-22(23)21-6-4-3-5-7-21/h3-9,16,22-23H,10-15,17-18H2,1-2H3,(H,28,32). The number of hydrogen-bond acceptors (Lipinski definition) is 2. The maximum absolute atomic E-state index is 13.1. The average molecular weight is 432 g/mol. The lowest BCUT2D eigenvalue weighted by Gasteiger charge is -2.39. The van der Waals surface area contributed by atoms with E-state index in [-0.39, 0.29) is 17.4 Å². The molecule has 3 aliphatic rings. The summed E-state index contributed by atoms with van der Waals surface area (Å²) in [7, 11) is 0. The number of urea groups is 1. The first-order valence-corrected chi connectivity index (χ1v) is 11.9. The molecule has 5 rings (SSSR count). The summed E-state index contributed by atoms with van der Waals surface area (Å²) in [5.74, 6) is 0.901. The lowest BCUT2D eigenvalue weighted by molar-refractivity contribution is -0.132. The minimum absolute atomic E-state index is 0.0126. The van der Waals surface area contributed by atoms with Crippen molar-refractivity contribution in [2.24, 2.45) is 11.3 Å². The molecule has 2 atom stereocenters. The van der Waals surface area contributed by atoms with Gasteiger partial charge in [0.05, 0.1) is 0 Å². The summed E-state index contributed by atoms with van der Waals surface area (Å²) in [5, 5.41) is 3.08. The van der Waals surface area contributed by atoms with Crippen molar-refractivity contribution in [2.75, 3.05) is 31.5 Å². The summed E-state index contributed by atoms with van der Waals surface area (Å²) < 4.78 is 0. The quantitative estimate of drug-likeness (QED) is 0.747. The third kappa shape index (κ3) is 4.13. The molecule has 1 spiro atoms. The SMILES string of the molecule is Cc1ccc(NC(=O)N2CCC3(CC2)CCN(C(=O)C2CC2c2ccccc2)C3)c(C)c1. The van der Waals surface area contributed by atoms with Crippen LogP contribution in [0, 0.1) is 25.2 Å². The van der Waals surface area contributed by atoms with Crippen LogP contribution in [0.15, 0.2) is 48.5 Å². The van der Waals surface area contributed by atoms with Crippen LogP contribution in [0.3, 0.4) is 0 Å². The smallest absolute Gasteiger partial charge is 0.321 e. The molecule has 2 heterocycles. The van der Waals surface area contributed by atoms with Crippen molar-refractivity contribution in [3.8, 4) is 0 Å². The lowest BCUT2D eigenvalue weighted by atomic mass is 9.78. The molecule has 1 aliphatic carbocycles. The average Bonchev–Trinajstić information content (AvgIpc) is 3.51. The van der Waals surface area contributed by atoms with Gasteiger partial charge in [-0.25, -0.2) is 4.79 Å². The summed E-state index contributed by atoms with van der Waals surface area (Å²) in [6.07, 6.45) is 4.00. The molecule has 2 aliphatic heterocycles. The number of likely N-dealkylation sites (tertiary alicyclic amines) is 2. The molecule has 2 unspecified atom stereocenters. The highest BCUT2D eigenvalue weighted by Crippen LogP contribution is 2.50. The van der Waals surface area contributed by atoms with Crippen LogP contribution in [-0.4, -0.2) is 47.9 Å². The number of nitrogens with zero attached hydrogens (tertiary/aromatic N) is 2. The van der Waals surface area contributed by atoms with Gasteiger partial charge in [0.15, 0.2) is 0 Å². The predicted molar refractivity (Wildman–Crippen MR) is 127 cm³/mol. The number of benzene rings is 2. The van der Waals surface area contributed by atoms with E-state index in [1.807, 2.05) is 30.0 Å². The molecule has 5 heteroatoms. The van der Waals surface area contributed by atoms with E-state index in [1.165, 1.54) is 11.1 Å². The van der Waals surface area contributed by atoms with Gasteiger partial charge in [0.25, 0.3) is 0 Å². The van der Waals surface area contributed by atoms with E-state index in [2.05, 4.69) is 47.5 Å². The number of nitrogens with one attached hydrogen (secondary N) is 1. The second-order valence-electron chi connectivity index (χ2n) is 10.1. The number of rotatable bonds is 3. The fraction of sp³-hybridized carbons (Fsp3) is 0.481. The topological polar surface area (TPSA) is 52.7 Å². The molecule has 2 aromatic carbocycles. The minimum Gasteiger partial charge on any atom is -0.342 e. The monoisotopic (exact) mass is 431 g/mol. The van der Waals surface area contributed by atoms with Gasteiger partial charge in [-0.2, -0.15) is 0 Å². The second-order valence-corrected chi connectivity index (χ2v) is 10.1. The second kappa shape index (κ2) is 8.27. The minimum atomic E-state index is -0.0126. The Morgan fingerprint density at radius 1 is 0.938 bits per heavy atom. The van der Waals surface area contributed by atoms with Gasteiger partial charge in [0.1, 0.15) is 0 Å². The van der Waals surface area contributed by atoms with Gasteiger partial charge in [-0.15, -0.1) is 0 Å². The van der Waals surface area contributed by atoms with Crippen molar-refractivity contribution in [3.05, 3.63) is 65.2 Å². The maximum atomic E-state index is 13.1. The zero-order valence-electron chi connectivity index (χ0n) is 19.1. The van der Waals surface area contributed by atoms with Gasteiger partial charge in [-0.1, -0.05) is 48.0 Å². The molecule has 0 bridgehead atoms. The molecule has 1 saturated carbocycles. The number of carbonyl (C=O) groups excluding carboxylic acids is 2. The molecule has 2 aromatic rings.